The number of rotatable bonds is 1. The summed E-state index contributed by atoms with van der Waals surface area (Å²) in [7, 11) is 0. The highest BCUT2D eigenvalue weighted by atomic mass is 16.4. The zero-order valence-corrected chi connectivity index (χ0v) is 10.5. The van der Waals surface area contributed by atoms with E-state index in [2.05, 4.69) is 4.98 Å². The SMILES string of the molecule is O=C(O)c1ncn2c1[C@H]1CCN1C(=O)c1ccccc1-2. The summed E-state index contributed by atoms with van der Waals surface area (Å²) < 4.78 is 1.74. The minimum Gasteiger partial charge on any atom is -0.476 e. The maximum Gasteiger partial charge on any atom is 0.356 e. The summed E-state index contributed by atoms with van der Waals surface area (Å²) in [5, 5.41) is 9.28. The van der Waals surface area contributed by atoms with E-state index < -0.39 is 5.97 Å². The van der Waals surface area contributed by atoms with Crippen molar-refractivity contribution >= 4 is 11.9 Å². The van der Waals surface area contributed by atoms with Gasteiger partial charge in [-0.15, -0.1) is 0 Å². The Morgan fingerprint density at radius 2 is 2.15 bits per heavy atom. The fourth-order valence-corrected chi connectivity index (χ4v) is 2.97. The molecule has 3 heterocycles. The summed E-state index contributed by atoms with van der Waals surface area (Å²) in [6, 6.07) is 7.03. The molecule has 1 aromatic carbocycles. The van der Waals surface area contributed by atoms with E-state index >= 15 is 0 Å². The van der Waals surface area contributed by atoms with Crippen LogP contribution >= 0.6 is 0 Å². The average molecular weight is 269 g/mol. The summed E-state index contributed by atoms with van der Waals surface area (Å²) in [4.78, 5) is 29.5. The van der Waals surface area contributed by atoms with E-state index in [1.807, 2.05) is 18.2 Å². The van der Waals surface area contributed by atoms with Crippen LogP contribution in [0.3, 0.4) is 0 Å². The zero-order valence-electron chi connectivity index (χ0n) is 10.5. The van der Waals surface area contributed by atoms with Crippen LogP contribution in [0.5, 0.6) is 0 Å². The van der Waals surface area contributed by atoms with Gasteiger partial charge in [0, 0.05) is 6.54 Å². The van der Waals surface area contributed by atoms with Gasteiger partial charge in [-0.05, 0) is 18.6 Å². The van der Waals surface area contributed by atoms with Crippen LogP contribution in [0.25, 0.3) is 5.69 Å². The second-order valence-corrected chi connectivity index (χ2v) is 4.97. The van der Waals surface area contributed by atoms with E-state index in [-0.39, 0.29) is 17.6 Å². The van der Waals surface area contributed by atoms with Crippen molar-refractivity contribution < 1.29 is 14.7 Å². The molecule has 0 bridgehead atoms. The first kappa shape index (κ1) is 11.2. The minimum atomic E-state index is -1.06. The van der Waals surface area contributed by atoms with Crippen molar-refractivity contribution in [3.8, 4) is 5.69 Å². The quantitative estimate of drug-likeness (QED) is 0.850. The van der Waals surface area contributed by atoms with Crippen LogP contribution in [0.4, 0.5) is 0 Å². The predicted molar refractivity (Wildman–Crippen MR) is 68.9 cm³/mol. The normalized spacial score (nSPS) is 19.5. The van der Waals surface area contributed by atoms with Gasteiger partial charge in [0.05, 0.1) is 23.0 Å². The van der Waals surface area contributed by atoms with Crippen molar-refractivity contribution in [2.75, 3.05) is 6.54 Å². The third-order valence-corrected chi connectivity index (χ3v) is 4.00. The van der Waals surface area contributed by atoms with E-state index in [0.29, 0.717) is 23.5 Å². The third-order valence-electron chi connectivity index (χ3n) is 4.00. The highest BCUT2D eigenvalue weighted by Gasteiger charge is 2.42. The average Bonchev–Trinajstić information content (AvgIpc) is 2.79. The number of hydrogen-bond acceptors (Lipinski definition) is 3. The molecule has 6 nitrogen and oxygen atoms in total. The number of nitrogens with zero attached hydrogens (tertiary/aromatic N) is 3. The number of carbonyl (C=O) groups is 2. The molecule has 4 rings (SSSR count). The molecule has 20 heavy (non-hydrogen) atoms. The fourth-order valence-electron chi connectivity index (χ4n) is 2.97. The van der Waals surface area contributed by atoms with Crippen LogP contribution in [0.2, 0.25) is 0 Å². The zero-order chi connectivity index (χ0) is 13.9. The van der Waals surface area contributed by atoms with Gasteiger partial charge in [-0.2, -0.15) is 0 Å². The van der Waals surface area contributed by atoms with Gasteiger partial charge >= 0.3 is 5.97 Å². The van der Waals surface area contributed by atoms with Crippen molar-refractivity contribution in [1.82, 2.24) is 14.5 Å². The predicted octanol–water partition coefficient (Wildman–Crippen LogP) is 1.47. The lowest BCUT2D eigenvalue weighted by Crippen LogP contribution is -2.45. The molecule has 2 aliphatic heterocycles. The minimum absolute atomic E-state index is 0.0317. The molecule has 100 valence electrons. The molecule has 1 saturated heterocycles. The Bertz CT molecular complexity index is 750. The molecule has 0 radical (unpaired) electrons. The summed E-state index contributed by atoms with van der Waals surface area (Å²) in [6.45, 7) is 0.655. The third kappa shape index (κ3) is 1.25. The van der Waals surface area contributed by atoms with Crippen molar-refractivity contribution in [2.24, 2.45) is 0 Å². The van der Waals surface area contributed by atoms with E-state index in [1.165, 1.54) is 6.33 Å². The standard InChI is InChI=1S/C14H11N3O3/c18-13-8-3-1-2-4-9(8)17-7-15-11(14(19)20)12(17)10-5-6-16(10)13/h1-4,7,10H,5-6H2,(H,19,20)/t10-/m1/s1. The number of fused-ring (bicyclic) bond motifs is 5. The second kappa shape index (κ2) is 3.69. The van der Waals surface area contributed by atoms with Gasteiger partial charge in [0.1, 0.15) is 6.33 Å². The number of benzene rings is 1. The van der Waals surface area contributed by atoms with Gasteiger partial charge in [-0.1, -0.05) is 12.1 Å². The monoisotopic (exact) mass is 269 g/mol. The molecule has 2 aliphatic rings. The van der Waals surface area contributed by atoms with Gasteiger partial charge in [-0.25, -0.2) is 9.78 Å². The van der Waals surface area contributed by atoms with Gasteiger partial charge in [-0.3, -0.25) is 9.36 Å². The molecule has 0 spiro atoms. The second-order valence-electron chi connectivity index (χ2n) is 4.97. The number of amides is 1. The summed E-state index contributed by atoms with van der Waals surface area (Å²) in [6.07, 6.45) is 2.26. The number of carboxylic acids is 1. The van der Waals surface area contributed by atoms with Gasteiger partial charge < -0.3 is 10.0 Å². The number of aromatic carboxylic acids is 1. The highest BCUT2D eigenvalue weighted by Crippen LogP contribution is 2.40. The molecule has 0 saturated carbocycles. The molecule has 1 amide bonds. The number of aromatic nitrogens is 2. The first-order chi connectivity index (χ1) is 9.68. The smallest absolute Gasteiger partial charge is 0.356 e. The topological polar surface area (TPSA) is 75.4 Å². The first-order valence-corrected chi connectivity index (χ1v) is 6.39. The maximum atomic E-state index is 12.5. The van der Waals surface area contributed by atoms with Crippen LogP contribution in [0.15, 0.2) is 30.6 Å². The number of carbonyl (C=O) groups excluding carboxylic acids is 1. The fraction of sp³-hybridized carbons (Fsp3) is 0.214. The van der Waals surface area contributed by atoms with E-state index in [0.717, 1.165) is 6.42 Å². The Balaban J connectivity index is 2.05. The highest BCUT2D eigenvalue weighted by molar-refractivity contribution is 6.00. The number of imidazole rings is 1. The molecule has 1 N–H and O–H groups in total. The number of hydrogen-bond donors (Lipinski definition) is 1. The molecule has 1 aromatic heterocycles. The molecule has 0 unspecified atom stereocenters. The first-order valence-electron chi connectivity index (χ1n) is 6.39. The Labute approximate surface area is 114 Å². The summed E-state index contributed by atoms with van der Waals surface area (Å²) >= 11 is 0. The molecule has 1 fully saturated rings. The van der Waals surface area contributed by atoms with Gasteiger partial charge in [0.15, 0.2) is 5.69 Å². The summed E-state index contributed by atoms with van der Waals surface area (Å²) in [5.41, 5.74) is 1.92. The van der Waals surface area contributed by atoms with Gasteiger partial charge in [0.2, 0.25) is 0 Å². The van der Waals surface area contributed by atoms with Crippen molar-refractivity contribution in [3.05, 3.63) is 47.5 Å². The van der Waals surface area contributed by atoms with Crippen LogP contribution in [-0.4, -0.2) is 38.0 Å². The van der Waals surface area contributed by atoms with Crippen LogP contribution in [0, 0.1) is 0 Å². The van der Waals surface area contributed by atoms with E-state index in [4.69, 9.17) is 0 Å². The number of para-hydroxylation sites is 1. The maximum absolute atomic E-state index is 12.5. The lowest BCUT2D eigenvalue weighted by atomic mass is 9.97. The number of carboxylic acid groups (broad SMARTS) is 1. The molecular formula is C14H11N3O3. The largest absolute Gasteiger partial charge is 0.476 e. The molecule has 1 atom stereocenters. The molecule has 6 heteroatoms. The van der Waals surface area contributed by atoms with Crippen LogP contribution in [-0.2, 0) is 0 Å². The Morgan fingerprint density at radius 3 is 2.85 bits per heavy atom. The van der Waals surface area contributed by atoms with Crippen molar-refractivity contribution in [3.63, 3.8) is 0 Å². The molecule has 0 aliphatic carbocycles. The Morgan fingerprint density at radius 1 is 1.35 bits per heavy atom. The van der Waals surface area contributed by atoms with Gasteiger partial charge in [0.25, 0.3) is 5.91 Å². The Hall–Kier alpha value is -2.63. The van der Waals surface area contributed by atoms with Crippen LogP contribution < -0.4 is 0 Å². The van der Waals surface area contributed by atoms with Crippen LogP contribution in [0.1, 0.15) is 39.0 Å². The molecule has 2 aromatic rings. The Kier molecular flexibility index (Phi) is 2.07. The molecular weight excluding hydrogens is 258 g/mol. The lowest BCUT2D eigenvalue weighted by Gasteiger charge is -2.39. The van der Waals surface area contributed by atoms with Crippen molar-refractivity contribution in [2.45, 2.75) is 12.5 Å². The summed E-state index contributed by atoms with van der Waals surface area (Å²) in [5.74, 6) is -1.10. The lowest BCUT2D eigenvalue weighted by molar-refractivity contribution is 0.0449. The van der Waals surface area contributed by atoms with Crippen molar-refractivity contribution in [1.29, 1.82) is 0 Å². The van der Waals surface area contributed by atoms with E-state index in [9.17, 15) is 14.7 Å². The van der Waals surface area contributed by atoms with E-state index in [1.54, 1.807) is 15.5 Å².